The molecule has 3 heterocycles. The number of anilines is 1. The summed E-state index contributed by atoms with van der Waals surface area (Å²) < 4.78 is 0. The first kappa shape index (κ1) is 17.0. The Bertz CT molecular complexity index is 962. The molecule has 3 saturated heterocycles. The van der Waals surface area contributed by atoms with Crippen molar-refractivity contribution in [2.24, 2.45) is 5.92 Å². The van der Waals surface area contributed by atoms with Crippen LogP contribution in [0.3, 0.4) is 0 Å². The molecule has 0 aromatic heterocycles. The minimum absolute atomic E-state index is 0.0732. The summed E-state index contributed by atoms with van der Waals surface area (Å²) in [6.45, 7) is 1.57. The summed E-state index contributed by atoms with van der Waals surface area (Å²) in [5.41, 5.74) is 1.33. The Morgan fingerprint density at radius 1 is 0.857 bits per heavy atom. The Morgan fingerprint density at radius 2 is 1.50 bits per heavy atom. The Labute approximate surface area is 161 Å². The highest BCUT2D eigenvalue weighted by Gasteiger charge is 2.62. The number of carbonyl (C=O) groups excluding carboxylic acids is 2. The number of non-ortho nitro benzene ring substituents is 1. The summed E-state index contributed by atoms with van der Waals surface area (Å²) in [5, 5.41) is 15.1. The first-order valence-corrected chi connectivity index (χ1v) is 9.28. The number of hydrogen-bond donors (Lipinski definition) is 0. The topological polar surface area (TPSA) is 87.0 Å². The van der Waals surface area contributed by atoms with Gasteiger partial charge in [-0.3, -0.25) is 19.7 Å². The number of nitrogens with zero attached hydrogens (tertiary/aromatic N) is 4. The summed E-state index contributed by atoms with van der Waals surface area (Å²) in [6.07, 6.45) is 0.950. The van der Waals surface area contributed by atoms with Crippen molar-refractivity contribution < 1.29 is 14.5 Å². The molecule has 142 valence electrons. The van der Waals surface area contributed by atoms with E-state index in [1.54, 1.807) is 0 Å². The van der Waals surface area contributed by atoms with Gasteiger partial charge in [0.2, 0.25) is 5.91 Å². The van der Waals surface area contributed by atoms with Crippen LogP contribution in [0.2, 0.25) is 0 Å². The van der Waals surface area contributed by atoms with Gasteiger partial charge in [0, 0.05) is 25.2 Å². The van der Waals surface area contributed by atoms with Gasteiger partial charge in [0.25, 0.3) is 11.6 Å². The fraction of sp³-hybridized carbons (Fsp3) is 0.300. The van der Waals surface area contributed by atoms with Gasteiger partial charge in [0.1, 0.15) is 6.04 Å². The maximum atomic E-state index is 13.3. The average molecular weight is 378 g/mol. The molecule has 28 heavy (non-hydrogen) atoms. The van der Waals surface area contributed by atoms with E-state index in [4.69, 9.17) is 0 Å². The Kier molecular flexibility index (Phi) is 3.78. The van der Waals surface area contributed by atoms with Crippen molar-refractivity contribution >= 4 is 23.2 Å². The van der Waals surface area contributed by atoms with E-state index in [1.807, 2.05) is 35.3 Å². The van der Waals surface area contributed by atoms with Crippen molar-refractivity contribution in [3.8, 4) is 0 Å². The highest BCUT2D eigenvalue weighted by molar-refractivity contribution is 6.24. The van der Waals surface area contributed by atoms with Gasteiger partial charge in [-0.2, -0.15) is 0 Å². The molecular weight excluding hydrogens is 360 g/mol. The molecule has 2 aromatic rings. The van der Waals surface area contributed by atoms with Crippen molar-refractivity contribution in [3.63, 3.8) is 0 Å². The van der Waals surface area contributed by atoms with Crippen molar-refractivity contribution in [1.82, 2.24) is 10.0 Å². The van der Waals surface area contributed by atoms with Gasteiger partial charge in [-0.1, -0.05) is 30.3 Å². The van der Waals surface area contributed by atoms with E-state index in [9.17, 15) is 19.7 Å². The zero-order valence-electron chi connectivity index (χ0n) is 15.0. The molecule has 2 aromatic carbocycles. The predicted molar refractivity (Wildman–Crippen MR) is 100 cm³/mol. The number of rotatable bonds is 3. The summed E-state index contributed by atoms with van der Waals surface area (Å²) in [4.78, 5) is 38.2. The Hall–Kier alpha value is -3.10. The van der Waals surface area contributed by atoms with Crippen LogP contribution in [0.5, 0.6) is 0 Å². The van der Waals surface area contributed by atoms with Crippen LogP contribution >= 0.6 is 0 Å². The Balaban J connectivity index is 1.54. The third-order valence-electron chi connectivity index (χ3n) is 5.87. The van der Waals surface area contributed by atoms with Crippen LogP contribution in [-0.4, -0.2) is 45.9 Å². The standard InChI is InChI=1S/C20H18N4O4/c25-19-16-17(13-5-2-1-3-6-13)21-11-4-12-22(21)18(16)20(26)23(19)14-7-9-15(10-8-14)24(27)28/h1-3,5-10,16-18H,4,11-12H2/t16-,17+,18+/m0/s1. The molecule has 0 radical (unpaired) electrons. The molecule has 0 bridgehead atoms. The molecular formula is C20H18N4O4. The first-order valence-electron chi connectivity index (χ1n) is 9.28. The van der Waals surface area contributed by atoms with Gasteiger partial charge < -0.3 is 0 Å². The molecule has 3 fully saturated rings. The second-order valence-corrected chi connectivity index (χ2v) is 7.29. The van der Waals surface area contributed by atoms with E-state index in [0.29, 0.717) is 5.69 Å². The molecule has 0 spiro atoms. The number of benzene rings is 2. The van der Waals surface area contributed by atoms with Crippen molar-refractivity contribution in [1.29, 1.82) is 0 Å². The lowest BCUT2D eigenvalue weighted by atomic mass is 9.90. The molecule has 0 aliphatic carbocycles. The molecule has 8 nitrogen and oxygen atoms in total. The van der Waals surface area contributed by atoms with Gasteiger partial charge in [-0.15, -0.1) is 0 Å². The molecule has 0 N–H and O–H groups in total. The lowest BCUT2D eigenvalue weighted by Crippen LogP contribution is -2.44. The number of nitro groups is 1. The fourth-order valence-corrected chi connectivity index (χ4v) is 4.74. The zero-order valence-corrected chi connectivity index (χ0v) is 15.0. The summed E-state index contributed by atoms with van der Waals surface area (Å²) in [5.74, 6) is -0.980. The molecule has 5 rings (SSSR count). The largest absolute Gasteiger partial charge is 0.274 e. The van der Waals surface area contributed by atoms with E-state index in [0.717, 1.165) is 25.1 Å². The highest BCUT2D eigenvalue weighted by atomic mass is 16.6. The summed E-state index contributed by atoms with van der Waals surface area (Å²) in [6, 6.07) is 14.7. The molecule has 3 atom stereocenters. The number of imide groups is 1. The van der Waals surface area contributed by atoms with Crippen LogP contribution in [0.1, 0.15) is 18.0 Å². The number of fused-ring (bicyclic) bond motifs is 3. The zero-order chi connectivity index (χ0) is 19.4. The van der Waals surface area contributed by atoms with Crippen molar-refractivity contribution in [3.05, 3.63) is 70.3 Å². The third-order valence-corrected chi connectivity index (χ3v) is 5.87. The Morgan fingerprint density at radius 3 is 2.14 bits per heavy atom. The first-order chi connectivity index (χ1) is 13.6. The van der Waals surface area contributed by atoms with E-state index in [1.165, 1.54) is 29.2 Å². The summed E-state index contributed by atoms with van der Waals surface area (Å²) in [7, 11) is 0. The minimum atomic E-state index is -0.518. The van der Waals surface area contributed by atoms with Crippen LogP contribution in [0.4, 0.5) is 11.4 Å². The molecule has 8 heteroatoms. The van der Waals surface area contributed by atoms with E-state index >= 15 is 0 Å². The fourth-order valence-electron chi connectivity index (χ4n) is 4.74. The average Bonchev–Trinajstić information content (AvgIpc) is 3.35. The lowest BCUT2D eigenvalue weighted by molar-refractivity contribution is -0.384. The van der Waals surface area contributed by atoms with Crippen LogP contribution in [0, 0.1) is 16.0 Å². The lowest BCUT2D eigenvalue weighted by Gasteiger charge is -2.29. The maximum Gasteiger partial charge on any atom is 0.269 e. The van der Waals surface area contributed by atoms with Crippen LogP contribution in [0.25, 0.3) is 0 Å². The number of carbonyl (C=O) groups is 2. The number of hydrogen-bond acceptors (Lipinski definition) is 6. The molecule has 0 saturated carbocycles. The van der Waals surface area contributed by atoms with Gasteiger partial charge >= 0.3 is 0 Å². The quantitative estimate of drug-likeness (QED) is 0.462. The van der Waals surface area contributed by atoms with Gasteiger partial charge in [-0.25, -0.2) is 14.9 Å². The van der Waals surface area contributed by atoms with E-state index < -0.39 is 16.9 Å². The van der Waals surface area contributed by atoms with Crippen LogP contribution < -0.4 is 4.90 Å². The van der Waals surface area contributed by atoms with Crippen molar-refractivity contribution in [2.75, 3.05) is 18.0 Å². The van der Waals surface area contributed by atoms with Gasteiger partial charge in [0.15, 0.2) is 0 Å². The predicted octanol–water partition coefficient (Wildman–Crippen LogP) is 2.13. The SMILES string of the molecule is O=C1[C@H]2[C@@H](c3ccccc3)N3CCCN3[C@H]2C(=O)N1c1ccc([N+](=O)[O-])cc1. The minimum Gasteiger partial charge on any atom is -0.274 e. The highest BCUT2D eigenvalue weighted by Crippen LogP contribution is 2.48. The number of amides is 2. The smallest absolute Gasteiger partial charge is 0.269 e. The van der Waals surface area contributed by atoms with E-state index in [-0.39, 0.29) is 23.5 Å². The van der Waals surface area contributed by atoms with Crippen LogP contribution in [-0.2, 0) is 9.59 Å². The van der Waals surface area contributed by atoms with Gasteiger partial charge in [-0.05, 0) is 24.1 Å². The summed E-state index contributed by atoms with van der Waals surface area (Å²) >= 11 is 0. The molecule has 3 aliphatic rings. The number of hydrazine groups is 1. The molecule has 0 unspecified atom stereocenters. The van der Waals surface area contributed by atoms with Gasteiger partial charge in [0.05, 0.1) is 22.6 Å². The monoisotopic (exact) mass is 378 g/mol. The molecule has 3 aliphatic heterocycles. The molecule has 2 amide bonds. The third kappa shape index (κ3) is 2.31. The van der Waals surface area contributed by atoms with Crippen molar-refractivity contribution in [2.45, 2.75) is 18.5 Å². The normalized spacial score (nSPS) is 27.3. The van der Waals surface area contributed by atoms with E-state index in [2.05, 4.69) is 5.01 Å². The maximum absolute atomic E-state index is 13.3. The van der Waals surface area contributed by atoms with Crippen LogP contribution in [0.15, 0.2) is 54.6 Å². The second-order valence-electron chi connectivity index (χ2n) is 7.29. The number of nitro benzene ring substituents is 1. The second kappa shape index (κ2) is 6.22.